The Morgan fingerprint density at radius 3 is 2.58 bits per heavy atom. The molecule has 0 aliphatic heterocycles. The quantitative estimate of drug-likeness (QED) is 0.889. The molecule has 5 heteroatoms. The first-order chi connectivity index (χ1) is 9.06. The summed E-state index contributed by atoms with van der Waals surface area (Å²) in [6, 6.07) is 9.54. The minimum absolute atomic E-state index is 0.0294. The van der Waals surface area contributed by atoms with E-state index < -0.39 is 5.97 Å². The molecule has 0 aliphatic carbocycles. The van der Waals surface area contributed by atoms with Crippen molar-refractivity contribution in [2.45, 2.75) is 13.5 Å². The molecule has 0 atom stereocenters. The molecule has 0 fully saturated rings. The third-order valence-electron chi connectivity index (χ3n) is 2.92. The standard InChI is InChI=1S/C14H17N3O2/c1-11-12(8-16(2)15-11)9-17(10-14(18)19)13-6-4-3-5-7-13/h3-8H,9-10H2,1-2H3,(H,18,19). The van der Waals surface area contributed by atoms with Crippen molar-refractivity contribution in [1.29, 1.82) is 0 Å². The summed E-state index contributed by atoms with van der Waals surface area (Å²) >= 11 is 0. The van der Waals surface area contributed by atoms with Gasteiger partial charge in [0.2, 0.25) is 0 Å². The average molecular weight is 259 g/mol. The van der Waals surface area contributed by atoms with Crippen LogP contribution < -0.4 is 4.90 Å². The van der Waals surface area contributed by atoms with Gasteiger partial charge in [-0.3, -0.25) is 9.48 Å². The summed E-state index contributed by atoms with van der Waals surface area (Å²) < 4.78 is 1.74. The Balaban J connectivity index is 2.24. The Morgan fingerprint density at radius 1 is 1.37 bits per heavy atom. The van der Waals surface area contributed by atoms with Gasteiger partial charge in [0.15, 0.2) is 0 Å². The van der Waals surface area contributed by atoms with Gasteiger partial charge in [0.1, 0.15) is 6.54 Å². The van der Waals surface area contributed by atoms with Gasteiger partial charge >= 0.3 is 5.97 Å². The molecule has 0 radical (unpaired) electrons. The van der Waals surface area contributed by atoms with Crippen LogP contribution in [0, 0.1) is 6.92 Å². The maximum Gasteiger partial charge on any atom is 0.323 e. The Labute approximate surface area is 112 Å². The first kappa shape index (κ1) is 13.1. The fourth-order valence-electron chi connectivity index (χ4n) is 2.05. The van der Waals surface area contributed by atoms with Crippen molar-refractivity contribution in [2.75, 3.05) is 11.4 Å². The zero-order valence-electron chi connectivity index (χ0n) is 11.1. The molecule has 1 heterocycles. The number of carboxylic acid groups (broad SMARTS) is 1. The predicted octanol–water partition coefficient (Wildman–Crippen LogP) is 1.82. The number of anilines is 1. The van der Waals surface area contributed by atoms with Crippen molar-refractivity contribution in [2.24, 2.45) is 7.05 Å². The minimum Gasteiger partial charge on any atom is -0.480 e. The molecule has 0 spiro atoms. The van der Waals surface area contributed by atoms with E-state index in [1.807, 2.05) is 55.4 Å². The van der Waals surface area contributed by atoms with E-state index in [-0.39, 0.29) is 6.54 Å². The zero-order chi connectivity index (χ0) is 13.8. The molecule has 2 rings (SSSR count). The fourth-order valence-corrected chi connectivity index (χ4v) is 2.05. The number of para-hydroxylation sites is 1. The molecule has 1 aromatic carbocycles. The van der Waals surface area contributed by atoms with Crippen LogP contribution in [0.2, 0.25) is 0 Å². The number of nitrogens with zero attached hydrogens (tertiary/aromatic N) is 3. The molecule has 0 aliphatic rings. The molecule has 1 aromatic heterocycles. The topological polar surface area (TPSA) is 58.4 Å². The summed E-state index contributed by atoms with van der Waals surface area (Å²) in [6.07, 6.45) is 1.92. The molecule has 0 amide bonds. The minimum atomic E-state index is -0.842. The van der Waals surface area contributed by atoms with Crippen molar-refractivity contribution >= 4 is 11.7 Å². The Kier molecular flexibility index (Phi) is 3.85. The predicted molar refractivity (Wildman–Crippen MR) is 73.1 cm³/mol. The van der Waals surface area contributed by atoms with Gasteiger partial charge in [-0.25, -0.2) is 0 Å². The number of benzene rings is 1. The number of hydrogen-bond donors (Lipinski definition) is 1. The highest BCUT2D eigenvalue weighted by atomic mass is 16.4. The number of hydrogen-bond acceptors (Lipinski definition) is 3. The molecule has 100 valence electrons. The molecular weight excluding hydrogens is 242 g/mol. The number of aliphatic carboxylic acids is 1. The summed E-state index contributed by atoms with van der Waals surface area (Å²) in [7, 11) is 1.86. The van der Waals surface area contributed by atoms with Crippen molar-refractivity contribution in [1.82, 2.24) is 9.78 Å². The smallest absolute Gasteiger partial charge is 0.323 e. The van der Waals surface area contributed by atoms with Crippen LogP contribution >= 0.6 is 0 Å². The molecule has 19 heavy (non-hydrogen) atoms. The molecule has 0 unspecified atom stereocenters. The van der Waals surface area contributed by atoms with Crippen molar-refractivity contribution in [3.8, 4) is 0 Å². The first-order valence-corrected chi connectivity index (χ1v) is 6.07. The average Bonchev–Trinajstić information content (AvgIpc) is 2.67. The third-order valence-corrected chi connectivity index (χ3v) is 2.92. The van der Waals surface area contributed by atoms with E-state index in [0.29, 0.717) is 6.54 Å². The van der Waals surface area contributed by atoms with Crippen molar-refractivity contribution < 1.29 is 9.90 Å². The Morgan fingerprint density at radius 2 is 2.05 bits per heavy atom. The van der Waals surface area contributed by atoms with Gasteiger partial charge in [-0.2, -0.15) is 5.10 Å². The SMILES string of the molecule is Cc1nn(C)cc1CN(CC(=O)O)c1ccccc1. The second kappa shape index (κ2) is 5.56. The second-order valence-corrected chi connectivity index (χ2v) is 4.50. The molecule has 0 saturated heterocycles. The Bertz CT molecular complexity index is 563. The van der Waals surface area contributed by atoms with Gasteiger partial charge < -0.3 is 10.0 Å². The Hall–Kier alpha value is -2.30. The summed E-state index contributed by atoms with van der Waals surface area (Å²) in [5, 5.41) is 13.3. The van der Waals surface area contributed by atoms with Crippen LogP contribution in [-0.2, 0) is 18.4 Å². The molecule has 1 N–H and O–H groups in total. The van der Waals surface area contributed by atoms with E-state index in [1.54, 1.807) is 4.68 Å². The first-order valence-electron chi connectivity index (χ1n) is 6.07. The van der Waals surface area contributed by atoms with Gasteiger partial charge in [-0.1, -0.05) is 18.2 Å². The van der Waals surface area contributed by atoms with E-state index in [4.69, 9.17) is 5.11 Å². The van der Waals surface area contributed by atoms with Crippen molar-refractivity contribution in [3.05, 3.63) is 47.8 Å². The van der Waals surface area contributed by atoms with Crippen LogP contribution in [0.15, 0.2) is 36.5 Å². The number of carboxylic acids is 1. The lowest BCUT2D eigenvalue weighted by Gasteiger charge is -2.22. The molecule has 0 bridgehead atoms. The van der Waals surface area contributed by atoms with Crippen LogP contribution in [0.1, 0.15) is 11.3 Å². The molecular formula is C14H17N3O2. The fraction of sp³-hybridized carbons (Fsp3) is 0.286. The highest BCUT2D eigenvalue weighted by molar-refractivity contribution is 5.73. The van der Waals surface area contributed by atoms with Crippen LogP contribution in [0.4, 0.5) is 5.69 Å². The van der Waals surface area contributed by atoms with E-state index in [2.05, 4.69) is 5.10 Å². The van der Waals surface area contributed by atoms with Crippen LogP contribution in [0.5, 0.6) is 0 Å². The van der Waals surface area contributed by atoms with E-state index in [1.165, 1.54) is 0 Å². The zero-order valence-corrected chi connectivity index (χ0v) is 11.1. The summed E-state index contributed by atoms with van der Waals surface area (Å²) in [4.78, 5) is 12.8. The lowest BCUT2D eigenvalue weighted by molar-refractivity contribution is -0.135. The summed E-state index contributed by atoms with van der Waals surface area (Å²) in [6.45, 7) is 2.44. The highest BCUT2D eigenvalue weighted by Crippen LogP contribution is 2.17. The number of aromatic nitrogens is 2. The van der Waals surface area contributed by atoms with Crippen LogP contribution in [-0.4, -0.2) is 27.4 Å². The maximum absolute atomic E-state index is 11.0. The molecule has 5 nitrogen and oxygen atoms in total. The van der Waals surface area contributed by atoms with Crippen LogP contribution in [0.3, 0.4) is 0 Å². The van der Waals surface area contributed by atoms with Gasteiger partial charge in [0, 0.05) is 31.0 Å². The highest BCUT2D eigenvalue weighted by Gasteiger charge is 2.13. The monoisotopic (exact) mass is 259 g/mol. The number of carbonyl (C=O) groups is 1. The lowest BCUT2D eigenvalue weighted by Crippen LogP contribution is -2.29. The van der Waals surface area contributed by atoms with Gasteiger partial charge in [0.25, 0.3) is 0 Å². The van der Waals surface area contributed by atoms with Crippen LogP contribution in [0.25, 0.3) is 0 Å². The van der Waals surface area contributed by atoms with E-state index >= 15 is 0 Å². The maximum atomic E-state index is 11.0. The summed E-state index contributed by atoms with van der Waals surface area (Å²) in [5.74, 6) is -0.842. The number of rotatable bonds is 5. The molecule has 2 aromatic rings. The van der Waals surface area contributed by atoms with Crippen molar-refractivity contribution in [3.63, 3.8) is 0 Å². The van der Waals surface area contributed by atoms with E-state index in [0.717, 1.165) is 16.9 Å². The summed E-state index contributed by atoms with van der Waals surface area (Å²) in [5.41, 5.74) is 2.86. The van der Waals surface area contributed by atoms with E-state index in [9.17, 15) is 4.79 Å². The lowest BCUT2D eigenvalue weighted by atomic mass is 10.2. The van der Waals surface area contributed by atoms with Gasteiger partial charge in [-0.05, 0) is 19.1 Å². The second-order valence-electron chi connectivity index (χ2n) is 4.50. The van der Waals surface area contributed by atoms with Gasteiger partial charge in [-0.15, -0.1) is 0 Å². The molecule has 0 saturated carbocycles. The largest absolute Gasteiger partial charge is 0.480 e. The normalized spacial score (nSPS) is 10.4. The third kappa shape index (κ3) is 3.34. The number of aryl methyl sites for hydroxylation is 2. The van der Waals surface area contributed by atoms with Gasteiger partial charge in [0.05, 0.1) is 5.69 Å².